The fourth-order valence-corrected chi connectivity index (χ4v) is 2.14. The zero-order chi connectivity index (χ0) is 11.7. The van der Waals surface area contributed by atoms with Gasteiger partial charge >= 0.3 is 0 Å². The number of nitrogens with zero attached hydrogens (tertiary/aromatic N) is 1. The summed E-state index contributed by atoms with van der Waals surface area (Å²) in [4.78, 5) is 10.1. The number of rotatable bonds is 3. The topological polar surface area (TPSA) is 55.2 Å². The molecule has 1 saturated carbocycles. The Balaban J connectivity index is 2.27. The van der Waals surface area contributed by atoms with E-state index in [2.05, 4.69) is 5.32 Å². The molecule has 0 atom stereocenters. The third-order valence-electron chi connectivity index (χ3n) is 2.69. The molecule has 1 aliphatic carbocycles. The number of anilines is 1. The smallest absolute Gasteiger partial charge is 0.272 e. The van der Waals surface area contributed by atoms with E-state index in [1.807, 2.05) is 0 Å². The predicted octanol–water partition coefficient (Wildman–Crippen LogP) is 3.87. The molecule has 1 aliphatic rings. The maximum atomic E-state index is 10.6. The van der Waals surface area contributed by atoms with Crippen molar-refractivity contribution in [2.45, 2.75) is 25.3 Å². The van der Waals surface area contributed by atoms with Crippen LogP contribution in [-0.2, 0) is 0 Å². The SMILES string of the molecule is O=[N+]([O-])c1cc(Cl)c(NC2CCC2)c(Cl)c1. The number of hydrogen-bond acceptors (Lipinski definition) is 3. The lowest BCUT2D eigenvalue weighted by Crippen LogP contribution is -2.27. The summed E-state index contributed by atoms with van der Waals surface area (Å²) >= 11 is 11.9. The predicted molar refractivity (Wildman–Crippen MR) is 64.4 cm³/mol. The normalized spacial score (nSPS) is 15.6. The molecule has 16 heavy (non-hydrogen) atoms. The molecule has 1 fully saturated rings. The van der Waals surface area contributed by atoms with Crippen molar-refractivity contribution < 1.29 is 4.92 Å². The Morgan fingerprint density at radius 1 is 1.31 bits per heavy atom. The molecule has 1 aromatic carbocycles. The zero-order valence-electron chi connectivity index (χ0n) is 8.37. The highest BCUT2D eigenvalue weighted by molar-refractivity contribution is 6.39. The van der Waals surface area contributed by atoms with Gasteiger partial charge in [0.25, 0.3) is 5.69 Å². The van der Waals surface area contributed by atoms with Gasteiger partial charge in [-0.3, -0.25) is 10.1 Å². The summed E-state index contributed by atoms with van der Waals surface area (Å²) in [7, 11) is 0. The fraction of sp³-hybridized carbons (Fsp3) is 0.400. The van der Waals surface area contributed by atoms with Crippen molar-refractivity contribution in [2.75, 3.05) is 5.32 Å². The van der Waals surface area contributed by atoms with E-state index in [-0.39, 0.29) is 5.69 Å². The highest BCUT2D eigenvalue weighted by Gasteiger charge is 2.21. The van der Waals surface area contributed by atoms with Crippen LogP contribution in [0, 0.1) is 10.1 Å². The van der Waals surface area contributed by atoms with Crippen LogP contribution in [0.4, 0.5) is 11.4 Å². The number of hydrogen-bond donors (Lipinski definition) is 1. The van der Waals surface area contributed by atoms with Crippen LogP contribution < -0.4 is 5.32 Å². The molecule has 0 aromatic heterocycles. The average molecular weight is 261 g/mol. The summed E-state index contributed by atoms with van der Waals surface area (Å²) in [5, 5.41) is 14.4. The number of non-ortho nitro benzene ring substituents is 1. The van der Waals surface area contributed by atoms with E-state index in [0.29, 0.717) is 21.8 Å². The summed E-state index contributed by atoms with van der Waals surface area (Å²) in [5.74, 6) is 0. The van der Waals surface area contributed by atoms with E-state index in [1.54, 1.807) is 0 Å². The Kier molecular flexibility index (Phi) is 3.21. The molecular formula is C10H10Cl2N2O2. The summed E-state index contributed by atoms with van der Waals surface area (Å²) in [6, 6.07) is 3.01. The summed E-state index contributed by atoms with van der Waals surface area (Å²) in [6.07, 6.45) is 3.37. The van der Waals surface area contributed by atoms with Crippen LogP contribution in [0.3, 0.4) is 0 Å². The first-order valence-corrected chi connectivity index (χ1v) is 5.73. The van der Waals surface area contributed by atoms with Crippen LogP contribution in [0.5, 0.6) is 0 Å². The van der Waals surface area contributed by atoms with Gasteiger partial charge in [0.2, 0.25) is 0 Å². The second kappa shape index (κ2) is 4.47. The average Bonchev–Trinajstić information content (AvgIpc) is 2.13. The molecular weight excluding hydrogens is 251 g/mol. The van der Waals surface area contributed by atoms with Crippen molar-refractivity contribution in [2.24, 2.45) is 0 Å². The lowest BCUT2D eigenvalue weighted by atomic mass is 9.93. The third-order valence-corrected chi connectivity index (χ3v) is 3.29. The van der Waals surface area contributed by atoms with Gasteiger partial charge in [-0.1, -0.05) is 23.2 Å². The molecule has 1 aromatic rings. The van der Waals surface area contributed by atoms with Crippen molar-refractivity contribution >= 4 is 34.6 Å². The van der Waals surface area contributed by atoms with Gasteiger partial charge in [0, 0.05) is 18.2 Å². The van der Waals surface area contributed by atoms with E-state index in [9.17, 15) is 10.1 Å². The maximum absolute atomic E-state index is 10.6. The Hall–Kier alpha value is -1.00. The van der Waals surface area contributed by atoms with Crippen molar-refractivity contribution in [1.82, 2.24) is 0 Å². The first kappa shape index (κ1) is 11.5. The lowest BCUT2D eigenvalue weighted by Gasteiger charge is -2.28. The highest BCUT2D eigenvalue weighted by atomic mass is 35.5. The standard InChI is InChI=1S/C10H10Cl2N2O2/c11-8-4-7(14(15)16)5-9(12)10(8)13-6-2-1-3-6/h4-6,13H,1-3H2. The van der Waals surface area contributed by atoms with Crippen molar-refractivity contribution in [3.05, 3.63) is 32.3 Å². The van der Waals surface area contributed by atoms with Crippen molar-refractivity contribution in [3.63, 3.8) is 0 Å². The molecule has 1 N–H and O–H groups in total. The minimum atomic E-state index is -0.509. The van der Waals surface area contributed by atoms with Gasteiger partial charge in [-0.15, -0.1) is 0 Å². The molecule has 0 unspecified atom stereocenters. The van der Waals surface area contributed by atoms with Crippen LogP contribution >= 0.6 is 23.2 Å². The van der Waals surface area contributed by atoms with Crippen LogP contribution in [0.15, 0.2) is 12.1 Å². The van der Waals surface area contributed by atoms with Gasteiger partial charge in [-0.25, -0.2) is 0 Å². The molecule has 86 valence electrons. The second-order valence-corrected chi connectivity index (χ2v) is 4.63. The van der Waals surface area contributed by atoms with Gasteiger partial charge in [0.1, 0.15) is 0 Å². The molecule has 0 radical (unpaired) electrons. The monoisotopic (exact) mass is 260 g/mol. The van der Waals surface area contributed by atoms with Crippen LogP contribution in [0.2, 0.25) is 10.0 Å². The molecule has 0 saturated heterocycles. The molecule has 0 amide bonds. The van der Waals surface area contributed by atoms with Gasteiger partial charge in [0.15, 0.2) is 0 Å². The van der Waals surface area contributed by atoms with Gasteiger partial charge in [-0.2, -0.15) is 0 Å². The molecule has 0 heterocycles. The van der Waals surface area contributed by atoms with Crippen molar-refractivity contribution in [3.8, 4) is 0 Å². The number of benzene rings is 1. The molecule has 6 heteroatoms. The van der Waals surface area contributed by atoms with Crippen LogP contribution in [0.25, 0.3) is 0 Å². The fourth-order valence-electron chi connectivity index (χ4n) is 1.56. The Labute approximate surface area is 103 Å². The highest BCUT2D eigenvalue weighted by Crippen LogP contribution is 2.36. The molecule has 0 spiro atoms. The first-order valence-electron chi connectivity index (χ1n) is 4.98. The first-order chi connectivity index (χ1) is 7.58. The van der Waals surface area contributed by atoms with Gasteiger partial charge < -0.3 is 5.32 Å². The quantitative estimate of drug-likeness (QED) is 0.663. The Morgan fingerprint density at radius 2 is 1.88 bits per heavy atom. The van der Waals surface area contributed by atoms with Crippen LogP contribution in [-0.4, -0.2) is 11.0 Å². The molecule has 4 nitrogen and oxygen atoms in total. The van der Waals surface area contributed by atoms with Gasteiger partial charge in [0.05, 0.1) is 20.7 Å². The largest absolute Gasteiger partial charge is 0.380 e. The zero-order valence-corrected chi connectivity index (χ0v) is 9.88. The maximum Gasteiger partial charge on any atom is 0.272 e. The number of nitrogens with one attached hydrogen (secondary N) is 1. The van der Waals surface area contributed by atoms with E-state index in [4.69, 9.17) is 23.2 Å². The van der Waals surface area contributed by atoms with Crippen molar-refractivity contribution in [1.29, 1.82) is 0 Å². The van der Waals surface area contributed by atoms with E-state index in [0.717, 1.165) is 12.8 Å². The van der Waals surface area contributed by atoms with E-state index in [1.165, 1.54) is 18.6 Å². The molecule has 0 bridgehead atoms. The lowest BCUT2D eigenvalue weighted by molar-refractivity contribution is -0.384. The summed E-state index contributed by atoms with van der Waals surface area (Å²) in [6.45, 7) is 0. The van der Waals surface area contributed by atoms with E-state index >= 15 is 0 Å². The second-order valence-electron chi connectivity index (χ2n) is 3.81. The van der Waals surface area contributed by atoms with Gasteiger partial charge in [-0.05, 0) is 19.3 Å². The Morgan fingerprint density at radius 3 is 2.25 bits per heavy atom. The number of nitro benzene ring substituents is 1. The minimum Gasteiger partial charge on any atom is -0.380 e. The molecule has 0 aliphatic heterocycles. The van der Waals surface area contributed by atoms with Crippen LogP contribution in [0.1, 0.15) is 19.3 Å². The third kappa shape index (κ3) is 2.23. The Bertz CT molecular complexity index is 410. The number of halogens is 2. The minimum absolute atomic E-state index is 0.0887. The summed E-state index contributed by atoms with van der Waals surface area (Å²) < 4.78 is 0. The molecule has 2 rings (SSSR count). The summed E-state index contributed by atoms with van der Waals surface area (Å²) in [5.41, 5.74) is 0.507. The van der Waals surface area contributed by atoms with E-state index < -0.39 is 4.92 Å². The number of nitro groups is 1.